The highest BCUT2D eigenvalue weighted by molar-refractivity contribution is 5.99. The predicted octanol–water partition coefficient (Wildman–Crippen LogP) is 3.24. The number of carbonyl (C=O) groups excluding carboxylic acids is 2. The molecule has 1 aromatic heterocycles. The number of rotatable bonds is 8. The van der Waals surface area contributed by atoms with E-state index in [2.05, 4.69) is 21.7 Å². The number of aliphatic carboxylic acids is 1. The maximum Gasteiger partial charge on any atom is 0.326 e. The highest BCUT2D eigenvalue weighted by atomic mass is 16.4. The van der Waals surface area contributed by atoms with E-state index < -0.39 is 17.9 Å². The molecule has 1 aromatic carbocycles. The maximum atomic E-state index is 13.1. The summed E-state index contributed by atoms with van der Waals surface area (Å²) in [5, 5.41) is 25.1. The molecule has 1 atom stereocenters. The molecular weight excluding hydrogens is 482 g/mol. The summed E-state index contributed by atoms with van der Waals surface area (Å²) in [5.41, 5.74) is 4.23. The van der Waals surface area contributed by atoms with Crippen molar-refractivity contribution in [3.63, 3.8) is 0 Å². The third-order valence-electron chi connectivity index (χ3n) is 7.58. The van der Waals surface area contributed by atoms with E-state index in [0.717, 1.165) is 36.5 Å². The number of aromatic nitrogens is 1. The quantitative estimate of drug-likeness (QED) is 0.489. The number of hydrogen-bond acceptors (Lipinski definition) is 6. The minimum Gasteiger partial charge on any atom is -0.480 e. The van der Waals surface area contributed by atoms with Crippen molar-refractivity contribution in [2.75, 3.05) is 25.0 Å². The largest absolute Gasteiger partial charge is 0.480 e. The predicted molar refractivity (Wildman–Crippen MR) is 143 cm³/mol. The molecule has 38 heavy (non-hydrogen) atoms. The summed E-state index contributed by atoms with van der Waals surface area (Å²) < 4.78 is 0. The smallest absolute Gasteiger partial charge is 0.326 e. The van der Waals surface area contributed by atoms with Crippen LogP contribution in [0.1, 0.15) is 70.9 Å². The van der Waals surface area contributed by atoms with Crippen molar-refractivity contribution in [2.24, 2.45) is 5.92 Å². The molecule has 1 unspecified atom stereocenters. The fourth-order valence-electron chi connectivity index (χ4n) is 5.47. The molecule has 2 aliphatic heterocycles. The van der Waals surface area contributed by atoms with Crippen LogP contribution in [0.25, 0.3) is 0 Å². The molecule has 9 nitrogen and oxygen atoms in total. The topological polar surface area (TPSA) is 135 Å². The van der Waals surface area contributed by atoms with Crippen LogP contribution in [0.2, 0.25) is 0 Å². The summed E-state index contributed by atoms with van der Waals surface area (Å²) in [5.74, 6) is -0.522. The molecule has 0 saturated carbocycles. The second-order valence-electron chi connectivity index (χ2n) is 10.2. The van der Waals surface area contributed by atoms with Gasteiger partial charge in [-0.2, -0.15) is 5.26 Å². The van der Waals surface area contributed by atoms with Gasteiger partial charge >= 0.3 is 5.97 Å². The van der Waals surface area contributed by atoms with Gasteiger partial charge in [-0.15, -0.1) is 0 Å². The van der Waals surface area contributed by atoms with E-state index in [1.54, 1.807) is 19.1 Å². The first-order valence-corrected chi connectivity index (χ1v) is 13.4. The second kappa shape index (κ2) is 12.1. The Kier molecular flexibility index (Phi) is 8.62. The molecule has 0 bridgehead atoms. The number of hydrogen-bond donors (Lipinski definition) is 3. The minimum atomic E-state index is -1.08. The average Bonchev–Trinajstić information content (AvgIpc) is 2.92. The number of pyridine rings is 1. The average molecular weight is 518 g/mol. The molecule has 4 rings (SSSR count). The molecule has 1 saturated heterocycles. The van der Waals surface area contributed by atoms with Crippen LogP contribution in [0.5, 0.6) is 0 Å². The van der Waals surface area contributed by atoms with Crippen LogP contribution in [0, 0.1) is 24.2 Å². The number of carboxylic acids is 1. The number of anilines is 1. The van der Waals surface area contributed by atoms with Gasteiger partial charge in [-0.3, -0.25) is 9.59 Å². The van der Waals surface area contributed by atoms with Gasteiger partial charge in [0.2, 0.25) is 5.91 Å². The molecule has 200 valence electrons. The number of piperidine rings is 1. The lowest BCUT2D eigenvalue weighted by molar-refractivity contribution is -0.140. The Hall–Kier alpha value is -3.93. The van der Waals surface area contributed by atoms with Gasteiger partial charge in [0.15, 0.2) is 0 Å². The maximum absolute atomic E-state index is 13.1. The highest BCUT2D eigenvalue weighted by Gasteiger charge is 2.30. The normalized spacial score (nSPS) is 16.1. The van der Waals surface area contributed by atoms with Gasteiger partial charge in [0, 0.05) is 25.2 Å². The van der Waals surface area contributed by atoms with E-state index in [1.165, 1.54) is 5.56 Å². The molecule has 1 fully saturated rings. The Morgan fingerprint density at radius 3 is 2.71 bits per heavy atom. The number of carbonyl (C=O) groups is 3. The van der Waals surface area contributed by atoms with Gasteiger partial charge in [0.1, 0.15) is 11.9 Å². The van der Waals surface area contributed by atoms with Crippen LogP contribution in [0.4, 0.5) is 5.82 Å². The van der Waals surface area contributed by atoms with Crippen molar-refractivity contribution in [1.82, 2.24) is 15.2 Å². The van der Waals surface area contributed by atoms with Crippen molar-refractivity contribution in [1.29, 1.82) is 5.26 Å². The summed E-state index contributed by atoms with van der Waals surface area (Å²) in [6.45, 7) is 5.67. The van der Waals surface area contributed by atoms with Gasteiger partial charge in [-0.25, -0.2) is 9.78 Å². The van der Waals surface area contributed by atoms with Gasteiger partial charge in [0.25, 0.3) is 5.91 Å². The fourth-order valence-corrected chi connectivity index (χ4v) is 5.47. The van der Waals surface area contributed by atoms with Crippen LogP contribution in [0.3, 0.4) is 0 Å². The van der Waals surface area contributed by atoms with Crippen LogP contribution >= 0.6 is 0 Å². The van der Waals surface area contributed by atoms with Gasteiger partial charge in [0.05, 0.1) is 23.7 Å². The molecular formula is C29H35N5O4. The lowest BCUT2D eigenvalue weighted by Gasteiger charge is -2.33. The standard InChI is InChI=1S/C29H35N5O4/c1-3-21-14-20(17-30)13-18(2)26(21)28(36)33-24(29(37)38)15-19-8-11-34(12-9-19)25(35)16-23-7-6-22-5-4-10-31-27(22)32-23/h6-7,13-14,19,24H,3-5,8-12,15-16H2,1-2H3,(H,31,32)(H,33,36)(H,37,38). The van der Waals surface area contributed by atoms with Crippen molar-refractivity contribution in [2.45, 2.75) is 64.8 Å². The third kappa shape index (κ3) is 6.31. The lowest BCUT2D eigenvalue weighted by Crippen LogP contribution is -2.45. The molecule has 9 heteroatoms. The number of nitrogens with zero attached hydrogens (tertiary/aromatic N) is 3. The molecule has 2 aromatic rings. The van der Waals surface area contributed by atoms with E-state index in [-0.39, 0.29) is 18.2 Å². The minimum absolute atomic E-state index is 0.0261. The lowest BCUT2D eigenvalue weighted by atomic mass is 9.89. The first kappa shape index (κ1) is 27.1. The highest BCUT2D eigenvalue weighted by Crippen LogP contribution is 2.25. The van der Waals surface area contributed by atoms with Crippen LogP contribution in [-0.4, -0.2) is 58.5 Å². The number of carboxylic acid groups (broad SMARTS) is 1. The zero-order valence-corrected chi connectivity index (χ0v) is 22.0. The van der Waals surface area contributed by atoms with E-state index >= 15 is 0 Å². The van der Waals surface area contributed by atoms with Crippen molar-refractivity contribution >= 4 is 23.6 Å². The number of nitrogens with one attached hydrogen (secondary N) is 2. The van der Waals surface area contributed by atoms with E-state index in [0.29, 0.717) is 55.5 Å². The number of nitriles is 1. The molecule has 3 heterocycles. The SMILES string of the molecule is CCc1cc(C#N)cc(C)c1C(=O)NC(CC1CCN(C(=O)Cc2ccc3c(n2)NCCC3)CC1)C(=O)O. The van der Waals surface area contributed by atoms with Crippen molar-refractivity contribution < 1.29 is 19.5 Å². The van der Waals surface area contributed by atoms with E-state index in [9.17, 15) is 24.8 Å². The Labute approximate surface area is 223 Å². The van der Waals surface area contributed by atoms with Crippen LogP contribution in [0.15, 0.2) is 24.3 Å². The van der Waals surface area contributed by atoms with Crippen molar-refractivity contribution in [3.8, 4) is 6.07 Å². The third-order valence-corrected chi connectivity index (χ3v) is 7.58. The van der Waals surface area contributed by atoms with Crippen LogP contribution < -0.4 is 10.6 Å². The number of likely N-dealkylation sites (tertiary alicyclic amines) is 1. The van der Waals surface area contributed by atoms with E-state index in [4.69, 9.17) is 0 Å². The van der Waals surface area contributed by atoms with Crippen LogP contribution in [-0.2, 0) is 28.9 Å². The monoisotopic (exact) mass is 517 g/mol. The van der Waals surface area contributed by atoms with Crippen molar-refractivity contribution in [3.05, 3.63) is 57.8 Å². The Morgan fingerprint density at radius 2 is 2.03 bits per heavy atom. The second-order valence-corrected chi connectivity index (χ2v) is 10.2. The van der Waals surface area contributed by atoms with Gasteiger partial charge < -0.3 is 20.6 Å². The Balaban J connectivity index is 1.32. The number of amides is 2. The summed E-state index contributed by atoms with van der Waals surface area (Å²) >= 11 is 0. The summed E-state index contributed by atoms with van der Waals surface area (Å²) in [4.78, 5) is 44.5. The molecule has 2 aliphatic rings. The molecule has 0 radical (unpaired) electrons. The number of aryl methyl sites for hydroxylation is 3. The summed E-state index contributed by atoms with van der Waals surface area (Å²) in [6, 6.07) is 8.37. The zero-order valence-electron chi connectivity index (χ0n) is 22.0. The zero-order chi connectivity index (χ0) is 27.2. The number of fused-ring (bicyclic) bond motifs is 1. The summed E-state index contributed by atoms with van der Waals surface area (Å²) in [7, 11) is 0. The molecule has 0 spiro atoms. The van der Waals surface area contributed by atoms with Gasteiger partial charge in [-0.05, 0) is 86.3 Å². The number of benzene rings is 1. The Morgan fingerprint density at radius 1 is 1.26 bits per heavy atom. The molecule has 2 amide bonds. The summed E-state index contributed by atoms with van der Waals surface area (Å²) in [6.07, 6.45) is 4.56. The first-order chi connectivity index (χ1) is 18.3. The fraction of sp³-hybridized carbons (Fsp3) is 0.483. The first-order valence-electron chi connectivity index (χ1n) is 13.4. The Bertz CT molecular complexity index is 1260. The van der Waals surface area contributed by atoms with E-state index in [1.807, 2.05) is 24.0 Å². The molecule has 0 aliphatic carbocycles. The van der Waals surface area contributed by atoms with Gasteiger partial charge in [-0.1, -0.05) is 13.0 Å². The molecule has 3 N–H and O–H groups in total.